The summed E-state index contributed by atoms with van der Waals surface area (Å²) in [5.74, 6) is -1.05. The second kappa shape index (κ2) is 64.8. The van der Waals surface area contributed by atoms with Gasteiger partial charge in [0.1, 0.15) is 13.2 Å². The molecule has 0 N–H and O–H groups in total. The van der Waals surface area contributed by atoms with Gasteiger partial charge in [-0.15, -0.1) is 0 Å². The summed E-state index contributed by atoms with van der Waals surface area (Å²) in [6.07, 6.45) is 98.6. The Kier molecular flexibility index (Phi) is 60.1. The van der Waals surface area contributed by atoms with E-state index in [1.54, 1.807) is 0 Å². The monoisotopic (exact) mass is 1080 g/mol. The van der Waals surface area contributed by atoms with Crippen molar-refractivity contribution in [2.75, 3.05) is 13.2 Å². The van der Waals surface area contributed by atoms with Crippen molar-refractivity contribution in [3.05, 3.63) is 194 Å². The molecule has 438 valence electrons. The maximum absolute atomic E-state index is 12.9. The van der Waals surface area contributed by atoms with Gasteiger partial charge < -0.3 is 14.2 Å². The molecular weight excluding hydrogens is 973 g/mol. The lowest BCUT2D eigenvalue weighted by molar-refractivity contribution is -0.167. The van der Waals surface area contributed by atoms with Crippen LogP contribution in [-0.4, -0.2) is 37.2 Å². The van der Waals surface area contributed by atoms with Crippen LogP contribution in [0.15, 0.2) is 194 Å². The molecule has 0 bridgehead atoms. The Morgan fingerprint density at radius 3 is 0.823 bits per heavy atom. The average Bonchev–Trinajstić information content (AvgIpc) is 3.45. The fourth-order valence-corrected chi connectivity index (χ4v) is 7.51. The van der Waals surface area contributed by atoms with Crippen LogP contribution in [0.4, 0.5) is 0 Å². The second-order valence-corrected chi connectivity index (χ2v) is 19.5. The quantitative estimate of drug-likeness (QED) is 0.0261. The minimum Gasteiger partial charge on any atom is -0.462 e. The summed E-state index contributed by atoms with van der Waals surface area (Å²) in [6.45, 7) is 6.24. The van der Waals surface area contributed by atoms with Gasteiger partial charge in [-0.05, 0) is 154 Å². The first-order valence-corrected chi connectivity index (χ1v) is 30.9. The van der Waals surface area contributed by atoms with Crippen molar-refractivity contribution in [2.24, 2.45) is 0 Å². The molecule has 0 amide bonds. The molecule has 1 atom stereocenters. The van der Waals surface area contributed by atoms with Crippen molar-refractivity contribution in [1.82, 2.24) is 0 Å². The molecule has 0 heterocycles. The van der Waals surface area contributed by atoms with Gasteiger partial charge in [0.05, 0.1) is 0 Å². The van der Waals surface area contributed by atoms with Crippen LogP contribution in [0.25, 0.3) is 0 Å². The predicted molar refractivity (Wildman–Crippen MR) is 343 cm³/mol. The van der Waals surface area contributed by atoms with Crippen molar-refractivity contribution in [2.45, 2.75) is 232 Å². The molecule has 0 aromatic carbocycles. The number of carbonyl (C=O) groups is 3. The number of carbonyl (C=O) groups excluding carboxylic acids is 3. The number of allylic oxidation sites excluding steroid dienone is 32. The number of hydrogen-bond donors (Lipinski definition) is 0. The van der Waals surface area contributed by atoms with Gasteiger partial charge in [-0.25, -0.2) is 0 Å². The lowest BCUT2D eigenvalue weighted by atomic mass is 10.1. The molecule has 6 nitrogen and oxygen atoms in total. The highest BCUT2D eigenvalue weighted by Crippen LogP contribution is 2.12. The van der Waals surface area contributed by atoms with Crippen molar-refractivity contribution in [3.63, 3.8) is 0 Å². The first kappa shape index (κ1) is 73.2. The SMILES string of the molecule is CC/C=C\C/C=C\C/C=C\C/C=C\C/C=C\C/C=C\C/C=C\CCCCCC(=O)OCC(COC(=O)CCCCCCC/C=C\C/C=C\CCC)OC(=O)CCC/C=C\C/C=C\C/C=C\C/C=C\C/C=C\C/C=C\C/C=C\CC. The Hall–Kier alpha value is -5.75. The van der Waals surface area contributed by atoms with Crippen molar-refractivity contribution < 1.29 is 28.6 Å². The summed E-state index contributed by atoms with van der Waals surface area (Å²) < 4.78 is 16.8. The van der Waals surface area contributed by atoms with Gasteiger partial charge in [0.15, 0.2) is 6.10 Å². The summed E-state index contributed by atoms with van der Waals surface area (Å²) in [6, 6.07) is 0. The van der Waals surface area contributed by atoms with Crippen LogP contribution in [-0.2, 0) is 28.6 Å². The van der Waals surface area contributed by atoms with Gasteiger partial charge in [0, 0.05) is 19.3 Å². The molecule has 0 spiro atoms. The third kappa shape index (κ3) is 63.0. The molecular formula is C73H110O6. The molecule has 0 aliphatic carbocycles. The Bertz CT molecular complexity index is 1920. The first-order valence-electron chi connectivity index (χ1n) is 30.9. The second-order valence-electron chi connectivity index (χ2n) is 19.5. The molecule has 1 unspecified atom stereocenters. The maximum atomic E-state index is 12.9. The van der Waals surface area contributed by atoms with Crippen LogP contribution in [0.3, 0.4) is 0 Å². The molecule has 0 fully saturated rings. The minimum absolute atomic E-state index is 0.130. The summed E-state index contributed by atoms with van der Waals surface area (Å²) in [5, 5.41) is 0. The molecule has 0 aliphatic heterocycles. The summed E-state index contributed by atoms with van der Waals surface area (Å²) in [4.78, 5) is 38.2. The molecule has 0 aromatic rings. The van der Waals surface area contributed by atoms with Crippen molar-refractivity contribution >= 4 is 17.9 Å². The van der Waals surface area contributed by atoms with Crippen LogP contribution in [0.2, 0.25) is 0 Å². The fourth-order valence-electron chi connectivity index (χ4n) is 7.51. The van der Waals surface area contributed by atoms with Crippen LogP contribution < -0.4 is 0 Å². The highest BCUT2D eigenvalue weighted by atomic mass is 16.6. The largest absolute Gasteiger partial charge is 0.462 e. The number of esters is 3. The molecule has 0 saturated heterocycles. The van der Waals surface area contributed by atoms with Crippen LogP contribution >= 0.6 is 0 Å². The van der Waals surface area contributed by atoms with Gasteiger partial charge >= 0.3 is 17.9 Å². The Labute approximate surface area is 484 Å². The van der Waals surface area contributed by atoms with Gasteiger partial charge in [0.2, 0.25) is 0 Å². The number of unbranched alkanes of at least 4 members (excludes halogenated alkanes) is 10. The Morgan fingerprint density at radius 2 is 0.506 bits per heavy atom. The minimum atomic E-state index is -0.842. The van der Waals surface area contributed by atoms with Crippen LogP contribution in [0.1, 0.15) is 226 Å². The van der Waals surface area contributed by atoms with E-state index in [0.29, 0.717) is 19.3 Å². The lowest BCUT2D eigenvalue weighted by Crippen LogP contribution is -2.30. The lowest BCUT2D eigenvalue weighted by Gasteiger charge is -2.18. The third-order valence-corrected chi connectivity index (χ3v) is 12.0. The normalized spacial score (nSPS) is 13.5. The molecule has 0 aromatic heterocycles. The van der Waals surface area contributed by atoms with E-state index in [9.17, 15) is 14.4 Å². The summed E-state index contributed by atoms with van der Waals surface area (Å²) in [7, 11) is 0. The summed E-state index contributed by atoms with van der Waals surface area (Å²) >= 11 is 0. The highest BCUT2D eigenvalue weighted by Gasteiger charge is 2.19. The van der Waals surface area contributed by atoms with Gasteiger partial charge in [-0.2, -0.15) is 0 Å². The predicted octanol–water partition coefficient (Wildman–Crippen LogP) is 21.4. The van der Waals surface area contributed by atoms with Gasteiger partial charge in [-0.1, -0.05) is 247 Å². The van der Waals surface area contributed by atoms with E-state index in [1.165, 1.54) is 6.42 Å². The van der Waals surface area contributed by atoms with E-state index in [-0.39, 0.29) is 37.5 Å². The smallest absolute Gasteiger partial charge is 0.306 e. The topological polar surface area (TPSA) is 78.9 Å². The molecule has 0 aliphatic rings. The van der Waals surface area contributed by atoms with E-state index < -0.39 is 6.10 Å². The molecule has 79 heavy (non-hydrogen) atoms. The Morgan fingerprint density at radius 1 is 0.266 bits per heavy atom. The van der Waals surface area contributed by atoms with Crippen LogP contribution in [0, 0.1) is 0 Å². The molecule has 0 saturated carbocycles. The first-order chi connectivity index (χ1) is 39.0. The zero-order valence-electron chi connectivity index (χ0n) is 50.0. The average molecular weight is 1080 g/mol. The zero-order valence-corrected chi connectivity index (χ0v) is 50.0. The van der Waals surface area contributed by atoms with E-state index >= 15 is 0 Å². The van der Waals surface area contributed by atoms with Crippen LogP contribution in [0.5, 0.6) is 0 Å². The zero-order chi connectivity index (χ0) is 57.1. The fraction of sp³-hybridized carbons (Fsp3) is 0.521. The number of ether oxygens (including phenoxy) is 3. The maximum Gasteiger partial charge on any atom is 0.306 e. The number of hydrogen-bond acceptors (Lipinski definition) is 6. The number of rotatable bonds is 53. The van der Waals surface area contributed by atoms with E-state index in [4.69, 9.17) is 14.2 Å². The van der Waals surface area contributed by atoms with Gasteiger partial charge in [0.25, 0.3) is 0 Å². The molecule has 0 rings (SSSR count). The summed E-state index contributed by atoms with van der Waals surface area (Å²) in [5.41, 5.74) is 0. The van der Waals surface area contributed by atoms with Crippen molar-refractivity contribution in [3.8, 4) is 0 Å². The standard InChI is InChI=1S/C73H110O6/c1-4-7-10-13-16-19-22-25-27-29-31-33-35-36-38-39-41-43-45-48-51-54-57-60-63-66-72(75)78-69-70(68-77-71(74)65-62-59-56-53-50-47-24-21-18-15-12-9-6-3)79-73(76)67-64-61-58-55-52-49-46-44-42-40-37-34-32-30-28-26-23-20-17-14-11-8-5-2/h7-8,10-12,15-17,19-21,24-28,31-34,36,38,40-43,46,48-49,51,55,58,70H,4-6,9,13-14,18,22-23,29-30,35,37,39,44-45,47,50,52-54,56-57,59-69H2,1-3H3/b10-7-,11-8-,15-12-,19-16-,20-17-,24-21-,27-25-,28-26-,33-31-,34-32-,38-36-,42-40-,43-41-,49-46-,51-48-,58-55-. The Balaban J connectivity index is 4.58. The van der Waals surface area contributed by atoms with E-state index in [0.717, 1.165) is 173 Å². The molecule has 0 radical (unpaired) electrons. The van der Waals surface area contributed by atoms with E-state index in [2.05, 4.69) is 215 Å². The third-order valence-electron chi connectivity index (χ3n) is 12.0. The van der Waals surface area contributed by atoms with E-state index in [1.807, 2.05) is 0 Å². The highest BCUT2D eigenvalue weighted by molar-refractivity contribution is 5.71. The molecule has 6 heteroatoms. The van der Waals surface area contributed by atoms with Crippen molar-refractivity contribution in [1.29, 1.82) is 0 Å². The van der Waals surface area contributed by atoms with Gasteiger partial charge in [-0.3, -0.25) is 14.4 Å².